The number of aromatic nitrogens is 1. The Balaban J connectivity index is 2.08. The molecule has 0 radical (unpaired) electrons. The Morgan fingerprint density at radius 3 is 1.71 bits per heavy atom. The van der Waals surface area contributed by atoms with Crippen molar-refractivity contribution < 1.29 is 42.4 Å². The molecule has 0 aliphatic carbocycles. The highest BCUT2D eigenvalue weighted by Crippen LogP contribution is 2.43. The van der Waals surface area contributed by atoms with E-state index in [1.54, 1.807) is 0 Å². The van der Waals surface area contributed by atoms with Crippen LogP contribution in [-0.2, 0) is 34.4 Å². The maximum atomic E-state index is 12.4. The third-order valence-electron chi connectivity index (χ3n) is 7.89. The van der Waals surface area contributed by atoms with Gasteiger partial charge in [-0.2, -0.15) is 0 Å². The molecule has 0 saturated heterocycles. The number of aliphatic carboxylic acids is 1. The zero-order chi connectivity index (χ0) is 32.7. The number of carbonyl (C=O) groups is 1. The number of unbranched alkanes of at least 4 members (excludes halogenated alkanes) is 18. The van der Waals surface area contributed by atoms with Crippen molar-refractivity contribution in [3.05, 3.63) is 30.6 Å². The maximum Gasteiger partial charge on any atom is 0.472 e. The first-order valence-electron chi connectivity index (χ1n) is 17.9. The Bertz CT molecular complexity index is 844. The van der Waals surface area contributed by atoms with Crippen LogP contribution in [0.4, 0.5) is 0 Å². The van der Waals surface area contributed by atoms with Crippen LogP contribution in [0.25, 0.3) is 0 Å². The highest BCUT2D eigenvalue weighted by Gasteiger charge is 2.24. The molecule has 9 nitrogen and oxygen atoms in total. The molecule has 0 aromatic carbocycles. The smallest absolute Gasteiger partial charge is 0.472 e. The molecule has 0 bridgehead atoms. The number of pyridine rings is 1. The molecule has 0 aliphatic heterocycles. The van der Waals surface area contributed by atoms with Crippen molar-refractivity contribution in [3.8, 4) is 0 Å². The summed E-state index contributed by atoms with van der Waals surface area (Å²) in [4.78, 5) is 20.8. The Morgan fingerprint density at radius 1 is 0.667 bits per heavy atom. The largest absolute Gasteiger partial charge is 0.481 e. The van der Waals surface area contributed by atoms with Crippen LogP contribution < -0.4 is 4.57 Å². The average molecular weight is 659 g/mol. The van der Waals surface area contributed by atoms with Gasteiger partial charge in [0.05, 0.1) is 13.2 Å². The lowest BCUT2D eigenvalue weighted by Crippen LogP contribution is -2.34. The minimum atomic E-state index is -4.25. The number of carboxylic acid groups (broad SMARTS) is 1. The van der Waals surface area contributed by atoms with Crippen LogP contribution in [0.15, 0.2) is 30.6 Å². The number of ether oxygens (including phenoxy) is 2. The summed E-state index contributed by atoms with van der Waals surface area (Å²) in [5.74, 6) is -0.838. The quantitative estimate of drug-likeness (QED) is 0.0429. The first kappa shape index (κ1) is 41.7. The summed E-state index contributed by atoms with van der Waals surface area (Å²) in [6.45, 7) is 3.73. The molecule has 0 aliphatic rings. The Hall–Kier alpha value is -1.35. The van der Waals surface area contributed by atoms with E-state index >= 15 is 0 Å². The van der Waals surface area contributed by atoms with Crippen LogP contribution in [0.1, 0.15) is 142 Å². The number of hydrogen-bond acceptors (Lipinski definition) is 6. The van der Waals surface area contributed by atoms with E-state index in [0.717, 1.165) is 12.8 Å². The molecule has 1 aromatic heterocycles. The maximum absolute atomic E-state index is 12.4. The van der Waals surface area contributed by atoms with Crippen LogP contribution in [0, 0.1) is 0 Å². The second-order valence-corrected chi connectivity index (χ2v) is 13.6. The average Bonchev–Trinajstić information content (AvgIpc) is 3.02. The van der Waals surface area contributed by atoms with Crippen molar-refractivity contribution in [2.24, 2.45) is 0 Å². The van der Waals surface area contributed by atoms with E-state index in [9.17, 15) is 14.3 Å². The van der Waals surface area contributed by atoms with Crippen molar-refractivity contribution >= 4 is 13.8 Å². The van der Waals surface area contributed by atoms with E-state index in [4.69, 9.17) is 23.6 Å². The number of rotatable bonds is 34. The van der Waals surface area contributed by atoms with Crippen LogP contribution in [0.2, 0.25) is 0 Å². The molecule has 2 N–H and O–H groups in total. The van der Waals surface area contributed by atoms with E-state index in [1.165, 1.54) is 103 Å². The number of phosphoric acid groups is 1. The monoisotopic (exact) mass is 658 g/mol. The number of carboxylic acids is 1. The van der Waals surface area contributed by atoms with Crippen molar-refractivity contribution in [2.45, 2.75) is 154 Å². The van der Waals surface area contributed by atoms with Crippen molar-refractivity contribution in [1.82, 2.24) is 0 Å². The molecule has 2 unspecified atom stereocenters. The molecule has 45 heavy (non-hydrogen) atoms. The van der Waals surface area contributed by atoms with E-state index in [1.807, 2.05) is 35.2 Å². The summed E-state index contributed by atoms with van der Waals surface area (Å²) in [5, 5.41) is 8.82. The summed E-state index contributed by atoms with van der Waals surface area (Å²) in [6, 6.07) is 5.63. The first-order chi connectivity index (χ1) is 21.9. The topological polar surface area (TPSA) is 115 Å². The highest BCUT2D eigenvalue weighted by atomic mass is 31.2. The molecule has 1 aromatic rings. The third kappa shape index (κ3) is 28.6. The van der Waals surface area contributed by atoms with E-state index in [-0.39, 0.29) is 26.2 Å². The molecule has 262 valence electrons. The third-order valence-corrected chi connectivity index (χ3v) is 8.87. The summed E-state index contributed by atoms with van der Waals surface area (Å²) in [5.41, 5.74) is 0. The van der Waals surface area contributed by atoms with Gasteiger partial charge in [0.1, 0.15) is 12.7 Å². The van der Waals surface area contributed by atoms with Gasteiger partial charge in [0.2, 0.25) is 0 Å². The minimum Gasteiger partial charge on any atom is -0.481 e. The Labute approximate surface area is 274 Å². The van der Waals surface area contributed by atoms with Gasteiger partial charge in [-0.25, -0.2) is 9.13 Å². The van der Waals surface area contributed by atoms with E-state index in [0.29, 0.717) is 32.6 Å². The summed E-state index contributed by atoms with van der Waals surface area (Å²) in [6.07, 6.45) is 28.3. The van der Waals surface area contributed by atoms with E-state index in [2.05, 4.69) is 6.92 Å². The second-order valence-electron chi connectivity index (χ2n) is 12.1. The van der Waals surface area contributed by atoms with Gasteiger partial charge >= 0.3 is 13.8 Å². The fourth-order valence-corrected chi connectivity index (χ4v) is 5.89. The van der Waals surface area contributed by atoms with Crippen molar-refractivity contribution in [2.75, 3.05) is 33.0 Å². The van der Waals surface area contributed by atoms with Gasteiger partial charge in [-0.1, -0.05) is 122 Å². The lowest BCUT2D eigenvalue weighted by atomic mass is 10.0. The predicted molar refractivity (Wildman–Crippen MR) is 179 cm³/mol. The summed E-state index contributed by atoms with van der Waals surface area (Å²) >= 11 is 0. The van der Waals surface area contributed by atoms with Gasteiger partial charge in [-0.05, 0) is 19.3 Å². The fraction of sp³-hybridized carbons (Fsp3) is 0.829. The summed E-state index contributed by atoms with van der Waals surface area (Å²) < 4.78 is 36.1. The van der Waals surface area contributed by atoms with Crippen molar-refractivity contribution in [3.63, 3.8) is 0 Å². The minimum absolute atomic E-state index is 0.0268. The van der Waals surface area contributed by atoms with Gasteiger partial charge in [0.25, 0.3) is 0 Å². The van der Waals surface area contributed by atoms with Gasteiger partial charge < -0.3 is 19.5 Å². The van der Waals surface area contributed by atoms with Gasteiger partial charge in [0.15, 0.2) is 18.9 Å². The highest BCUT2D eigenvalue weighted by molar-refractivity contribution is 7.47. The van der Waals surface area contributed by atoms with Gasteiger partial charge in [-0.3, -0.25) is 13.8 Å². The van der Waals surface area contributed by atoms with Crippen LogP contribution in [-0.4, -0.2) is 55.1 Å². The fourth-order valence-electron chi connectivity index (χ4n) is 5.15. The van der Waals surface area contributed by atoms with Crippen molar-refractivity contribution in [1.29, 1.82) is 0 Å². The number of hydrogen-bond donors (Lipinski definition) is 2. The molecule has 2 atom stereocenters. The molecule has 1 heterocycles. The molecule has 0 saturated carbocycles. The standard InChI is InChI=1S/C35H64NO8P/c1-2-3-4-5-6-7-8-9-10-11-12-13-14-15-16-17-18-23-29-41-32-34(42-30-24-20-25-35(37)38)33-44-45(39,40)43-31-28-36-26-21-19-22-27-36/h19,21-22,26-27,34H,2-18,20,23-25,28-33H2,1H3,(H-,37,38,39,40)/p+1. The first-order valence-corrected chi connectivity index (χ1v) is 19.4. The molecule has 0 spiro atoms. The van der Waals surface area contributed by atoms with E-state index < -0.39 is 19.9 Å². The SMILES string of the molecule is CCCCCCCCCCCCCCCCCCCCOCC(COP(=O)(O)OCC[n+]1ccccc1)OCCCCC(=O)O. The van der Waals surface area contributed by atoms with Crippen LogP contribution in [0.3, 0.4) is 0 Å². The lowest BCUT2D eigenvalue weighted by Gasteiger charge is -2.20. The summed E-state index contributed by atoms with van der Waals surface area (Å²) in [7, 11) is -4.25. The molecule has 0 fully saturated rings. The van der Waals surface area contributed by atoms with Crippen LogP contribution in [0.5, 0.6) is 0 Å². The molecule has 10 heteroatoms. The molecular weight excluding hydrogens is 593 g/mol. The number of nitrogens with zero attached hydrogens (tertiary/aromatic N) is 1. The van der Waals surface area contributed by atoms with Gasteiger partial charge in [-0.15, -0.1) is 0 Å². The zero-order valence-corrected chi connectivity index (χ0v) is 29.2. The second kappa shape index (κ2) is 30.0. The predicted octanol–water partition coefficient (Wildman–Crippen LogP) is 8.81. The molecule has 0 amide bonds. The lowest BCUT2D eigenvalue weighted by molar-refractivity contribution is -0.697. The molecule has 1 rings (SSSR count). The zero-order valence-electron chi connectivity index (χ0n) is 28.3. The van der Waals surface area contributed by atoms with Crippen LogP contribution >= 0.6 is 7.82 Å². The normalized spacial score (nSPS) is 13.6. The Morgan fingerprint density at radius 2 is 1.18 bits per heavy atom. The molecular formula is C35H65NO8P+. The number of phosphoric ester groups is 1. The van der Waals surface area contributed by atoms with Gasteiger partial charge in [0, 0.05) is 31.8 Å². The Kier molecular flexibility index (Phi) is 27.8.